The molecular weight excluding hydrogens is 354 g/mol. The lowest BCUT2D eigenvalue weighted by Crippen LogP contribution is -2.30. The molecule has 1 unspecified atom stereocenters. The summed E-state index contributed by atoms with van der Waals surface area (Å²) in [6, 6.07) is 0.289. The van der Waals surface area contributed by atoms with Crippen LogP contribution in [0.1, 0.15) is 69.2 Å². The van der Waals surface area contributed by atoms with Crippen molar-refractivity contribution in [1.82, 2.24) is 20.1 Å². The van der Waals surface area contributed by atoms with Gasteiger partial charge in [-0.15, -0.1) is 0 Å². The van der Waals surface area contributed by atoms with Crippen LogP contribution >= 0.6 is 0 Å². The molecule has 1 atom stereocenters. The van der Waals surface area contributed by atoms with E-state index in [2.05, 4.69) is 27.6 Å². The average molecular weight is 388 g/mol. The molecule has 7 nitrogen and oxygen atoms in total. The first-order chi connectivity index (χ1) is 13.7. The fourth-order valence-corrected chi connectivity index (χ4v) is 4.10. The molecule has 7 heteroatoms. The van der Waals surface area contributed by atoms with Gasteiger partial charge in [0.2, 0.25) is 0 Å². The molecule has 2 aromatic heterocycles. The molecule has 1 aliphatic carbocycles. The number of hydrogen-bond donors (Lipinski definition) is 3. The summed E-state index contributed by atoms with van der Waals surface area (Å²) in [7, 11) is 0. The number of fused-ring (bicyclic) bond motifs is 1. The van der Waals surface area contributed by atoms with Crippen molar-refractivity contribution in [3.8, 4) is 0 Å². The topological polar surface area (TPSA) is 92.1 Å². The van der Waals surface area contributed by atoms with Gasteiger partial charge in [-0.25, -0.2) is 9.67 Å². The summed E-state index contributed by atoms with van der Waals surface area (Å²) in [4.78, 5) is 17.3. The monoisotopic (exact) mass is 387 g/mol. The summed E-state index contributed by atoms with van der Waals surface area (Å²) in [5.41, 5.74) is 2.20. The standard InChI is InChI=1S/C21H33N5O2/c1-3-26-20-17(14-24-26)19(25-15(2)16-9-5-4-6-10-16)18(13-23-20)21(28)22-11-7-8-12-27/h13-16,27H,3-12H2,1-2H3,(H,22,28)(H,23,25). The third-order valence-corrected chi connectivity index (χ3v) is 5.81. The highest BCUT2D eigenvalue weighted by Crippen LogP contribution is 2.32. The van der Waals surface area contributed by atoms with Crippen molar-refractivity contribution in [3.63, 3.8) is 0 Å². The Morgan fingerprint density at radius 2 is 2.07 bits per heavy atom. The van der Waals surface area contributed by atoms with Gasteiger partial charge in [0.25, 0.3) is 5.91 Å². The summed E-state index contributed by atoms with van der Waals surface area (Å²) in [6.07, 6.45) is 11.3. The number of anilines is 1. The number of rotatable bonds is 9. The molecule has 0 spiro atoms. The van der Waals surface area contributed by atoms with Gasteiger partial charge in [-0.2, -0.15) is 5.10 Å². The number of aromatic nitrogens is 3. The Bertz CT molecular complexity index is 782. The minimum Gasteiger partial charge on any atom is -0.396 e. The van der Waals surface area contributed by atoms with Crippen LogP contribution in [0.25, 0.3) is 11.0 Å². The van der Waals surface area contributed by atoms with Gasteiger partial charge < -0.3 is 15.7 Å². The molecule has 0 aromatic carbocycles. The number of aryl methyl sites for hydroxylation is 1. The number of nitrogens with one attached hydrogen (secondary N) is 2. The van der Waals surface area contributed by atoms with E-state index in [1.54, 1.807) is 6.20 Å². The molecule has 1 fully saturated rings. The van der Waals surface area contributed by atoms with E-state index in [0.717, 1.165) is 29.7 Å². The van der Waals surface area contributed by atoms with Crippen molar-refractivity contribution in [2.24, 2.45) is 5.92 Å². The molecule has 2 heterocycles. The zero-order chi connectivity index (χ0) is 19.9. The third-order valence-electron chi connectivity index (χ3n) is 5.81. The smallest absolute Gasteiger partial charge is 0.254 e. The van der Waals surface area contributed by atoms with E-state index in [1.165, 1.54) is 32.1 Å². The minimum atomic E-state index is -0.130. The molecular formula is C21H33N5O2. The molecule has 28 heavy (non-hydrogen) atoms. The highest BCUT2D eigenvalue weighted by molar-refractivity contribution is 6.06. The molecule has 1 amide bonds. The van der Waals surface area contributed by atoms with Gasteiger partial charge in [-0.3, -0.25) is 4.79 Å². The van der Waals surface area contributed by atoms with Crippen LogP contribution in [0.5, 0.6) is 0 Å². The van der Waals surface area contributed by atoms with Gasteiger partial charge >= 0.3 is 0 Å². The lowest BCUT2D eigenvalue weighted by Gasteiger charge is -2.29. The molecule has 0 bridgehead atoms. The maximum atomic E-state index is 12.8. The van der Waals surface area contributed by atoms with E-state index in [-0.39, 0.29) is 18.6 Å². The Morgan fingerprint density at radius 3 is 2.79 bits per heavy atom. The van der Waals surface area contributed by atoms with Crippen LogP contribution in [0, 0.1) is 5.92 Å². The van der Waals surface area contributed by atoms with Gasteiger partial charge in [0.1, 0.15) is 0 Å². The lowest BCUT2D eigenvalue weighted by atomic mass is 9.84. The zero-order valence-corrected chi connectivity index (χ0v) is 17.1. The SMILES string of the molecule is CCn1ncc2c(NC(C)C3CCCCC3)c(C(=O)NCCCCO)cnc21. The Kier molecular flexibility index (Phi) is 7.25. The number of hydrogen-bond acceptors (Lipinski definition) is 5. The van der Waals surface area contributed by atoms with E-state index in [0.29, 0.717) is 24.4 Å². The van der Waals surface area contributed by atoms with Crippen LogP contribution in [0.15, 0.2) is 12.4 Å². The maximum Gasteiger partial charge on any atom is 0.254 e. The van der Waals surface area contributed by atoms with Crippen LogP contribution in [0.4, 0.5) is 5.69 Å². The van der Waals surface area contributed by atoms with Gasteiger partial charge in [0.05, 0.1) is 22.8 Å². The van der Waals surface area contributed by atoms with E-state index in [4.69, 9.17) is 5.11 Å². The number of carbonyl (C=O) groups is 1. The predicted molar refractivity (Wildman–Crippen MR) is 112 cm³/mol. The van der Waals surface area contributed by atoms with Gasteiger partial charge in [0.15, 0.2) is 5.65 Å². The zero-order valence-electron chi connectivity index (χ0n) is 17.1. The Hall–Kier alpha value is -2.15. The number of unbranched alkanes of at least 4 members (excludes halogenated alkanes) is 1. The molecule has 154 valence electrons. The van der Waals surface area contributed by atoms with E-state index < -0.39 is 0 Å². The summed E-state index contributed by atoms with van der Waals surface area (Å²) < 4.78 is 1.86. The predicted octanol–water partition coefficient (Wildman–Crippen LogP) is 3.33. The molecule has 3 rings (SSSR count). The lowest BCUT2D eigenvalue weighted by molar-refractivity contribution is 0.0952. The fraction of sp³-hybridized carbons (Fsp3) is 0.667. The largest absolute Gasteiger partial charge is 0.396 e. The molecule has 0 aliphatic heterocycles. The molecule has 1 saturated carbocycles. The van der Waals surface area contributed by atoms with Gasteiger partial charge in [-0.1, -0.05) is 19.3 Å². The quantitative estimate of drug-likeness (QED) is 0.574. The van der Waals surface area contributed by atoms with Crippen LogP contribution in [0.2, 0.25) is 0 Å². The van der Waals surface area contributed by atoms with Crippen molar-refractivity contribution in [2.75, 3.05) is 18.5 Å². The van der Waals surface area contributed by atoms with Gasteiger partial charge in [-0.05, 0) is 45.4 Å². The molecule has 2 aromatic rings. The van der Waals surface area contributed by atoms with Crippen LogP contribution in [-0.2, 0) is 6.54 Å². The average Bonchev–Trinajstić information content (AvgIpc) is 3.15. The van der Waals surface area contributed by atoms with Crippen LogP contribution in [0.3, 0.4) is 0 Å². The second-order valence-corrected chi connectivity index (χ2v) is 7.76. The third kappa shape index (κ3) is 4.63. The Morgan fingerprint density at radius 1 is 1.29 bits per heavy atom. The first-order valence-corrected chi connectivity index (χ1v) is 10.7. The van der Waals surface area contributed by atoms with E-state index >= 15 is 0 Å². The second-order valence-electron chi connectivity index (χ2n) is 7.76. The number of nitrogens with zero attached hydrogens (tertiary/aromatic N) is 3. The number of carbonyl (C=O) groups excluding carboxylic acids is 1. The summed E-state index contributed by atoms with van der Waals surface area (Å²) in [6.45, 7) is 5.68. The molecule has 0 saturated heterocycles. The second kappa shape index (κ2) is 9.87. The first kappa shape index (κ1) is 20.6. The van der Waals surface area contributed by atoms with Crippen molar-refractivity contribution in [3.05, 3.63) is 18.0 Å². The maximum absolute atomic E-state index is 12.8. The molecule has 3 N–H and O–H groups in total. The van der Waals surface area contributed by atoms with Crippen molar-refractivity contribution in [2.45, 2.75) is 71.4 Å². The summed E-state index contributed by atoms with van der Waals surface area (Å²) in [5, 5.41) is 20.9. The van der Waals surface area contributed by atoms with Crippen molar-refractivity contribution in [1.29, 1.82) is 0 Å². The Labute approximate surface area is 166 Å². The highest BCUT2D eigenvalue weighted by atomic mass is 16.3. The summed E-state index contributed by atoms with van der Waals surface area (Å²) >= 11 is 0. The van der Waals surface area contributed by atoms with Gasteiger partial charge in [0, 0.05) is 31.9 Å². The molecule has 1 aliphatic rings. The number of aliphatic hydroxyl groups is 1. The van der Waals surface area contributed by atoms with Crippen LogP contribution in [-0.4, -0.2) is 45.0 Å². The number of pyridine rings is 1. The van der Waals surface area contributed by atoms with Crippen LogP contribution < -0.4 is 10.6 Å². The van der Waals surface area contributed by atoms with Crippen molar-refractivity contribution >= 4 is 22.6 Å². The van der Waals surface area contributed by atoms with Crippen molar-refractivity contribution < 1.29 is 9.90 Å². The van der Waals surface area contributed by atoms with E-state index in [9.17, 15) is 4.79 Å². The fourth-order valence-electron chi connectivity index (χ4n) is 4.10. The summed E-state index contributed by atoms with van der Waals surface area (Å²) in [5.74, 6) is 0.494. The molecule has 0 radical (unpaired) electrons. The Balaban J connectivity index is 1.86. The number of aliphatic hydroxyl groups excluding tert-OH is 1. The first-order valence-electron chi connectivity index (χ1n) is 10.7. The van der Waals surface area contributed by atoms with E-state index in [1.807, 2.05) is 17.8 Å². The normalized spacial score (nSPS) is 16.2. The minimum absolute atomic E-state index is 0.130. The highest BCUT2D eigenvalue weighted by Gasteiger charge is 2.24. The number of amides is 1.